The van der Waals surface area contributed by atoms with Gasteiger partial charge in [0.05, 0.1) is 13.2 Å². The average molecular weight is 533 g/mol. The molecule has 2 aromatic rings. The minimum absolute atomic E-state index is 0.288. The van der Waals surface area contributed by atoms with Crippen LogP contribution in [0.3, 0.4) is 0 Å². The Morgan fingerprint density at radius 1 is 0.605 bits per heavy atom. The third kappa shape index (κ3) is 4.90. The van der Waals surface area contributed by atoms with Crippen molar-refractivity contribution in [3.8, 4) is 0 Å². The molecule has 0 spiro atoms. The van der Waals surface area contributed by atoms with Crippen molar-refractivity contribution in [2.45, 2.75) is 86.2 Å². The summed E-state index contributed by atoms with van der Waals surface area (Å²) in [6, 6.07) is 13.4. The zero-order chi connectivity index (χ0) is 27.3. The van der Waals surface area contributed by atoms with Gasteiger partial charge in [-0.25, -0.2) is 0 Å². The van der Waals surface area contributed by atoms with Gasteiger partial charge in [0, 0.05) is 0 Å². The van der Waals surface area contributed by atoms with Crippen LogP contribution in [0.2, 0.25) is 0 Å². The van der Waals surface area contributed by atoms with Gasteiger partial charge in [-0.3, -0.25) is 0 Å². The van der Waals surface area contributed by atoms with E-state index in [1.807, 2.05) is 49.4 Å². The van der Waals surface area contributed by atoms with Gasteiger partial charge in [-0.2, -0.15) is 0 Å². The topological polar surface area (TPSA) is 180 Å². The van der Waals surface area contributed by atoms with E-state index in [0.717, 1.165) is 23.1 Å². The summed E-state index contributed by atoms with van der Waals surface area (Å²) >= 11 is 0. The van der Waals surface area contributed by atoms with E-state index in [0.29, 0.717) is 11.1 Å². The lowest BCUT2D eigenvalue weighted by molar-refractivity contribution is -0.231. The zero-order valence-corrected chi connectivity index (χ0v) is 21.0. The Bertz CT molecular complexity index is 1110. The first kappa shape index (κ1) is 27.6. The van der Waals surface area contributed by atoms with Crippen molar-refractivity contribution >= 4 is 0 Å². The van der Waals surface area contributed by atoms with Gasteiger partial charge in [0.25, 0.3) is 0 Å². The molecule has 208 valence electrons. The summed E-state index contributed by atoms with van der Waals surface area (Å²) in [4.78, 5) is 0. The molecule has 1 aliphatic carbocycles. The van der Waals surface area contributed by atoms with Crippen molar-refractivity contribution in [1.82, 2.24) is 0 Å². The van der Waals surface area contributed by atoms with Crippen molar-refractivity contribution in [2.24, 2.45) is 0 Å². The first-order valence-electron chi connectivity index (χ1n) is 13.0. The molecule has 2 unspecified atom stereocenters. The normalized spacial score (nSPS) is 41.2. The number of hydrogen-bond acceptors (Lipinski definition) is 10. The maximum atomic E-state index is 10.5. The fourth-order valence-corrected chi connectivity index (χ4v) is 5.85. The van der Waals surface area contributed by atoms with Crippen molar-refractivity contribution in [3.63, 3.8) is 0 Å². The van der Waals surface area contributed by atoms with Gasteiger partial charge in [0.15, 0.2) is 0 Å². The van der Waals surface area contributed by atoms with Gasteiger partial charge < -0.3 is 50.3 Å². The van der Waals surface area contributed by atoms with Crippen LogP contribution in [-0.4, -0.2) is 103 Å². The van der Waals surface area contributed by atoms with E-state index < -0.39 is 74.3 Å². The van der Waals surface area contributed by atoms with Crippen LogP contribution in [0.15, 0.2) is 42.5 Å². The summed E-state index contributed by atoms with van der Waals surface area (Å²) < 4.78 is 11.4. The molecule has 0 bridgehead atoms. The quantitative estimate of drug-likeness (QED) is 0.237. The Balaban J connectivity index is 1.27. The van der Waals surface area contributed by atoms with E-state index in [-0.39, 0.29) is 11.8 Å². The van der Waals surface area contributed by atoms with Crippen LogP contribution in [0.5, 0.6) is 0 Å². The second kappa shape index (κ2) is 10.9. The molecular weight excluding hydrogens is 496 g/mol. The van der Waals surface area contributed by atoms with Crippen LogP contribution in [-0.2, 0) is 9.47 Å². The Labute approximate surface area is 220 Å². The molecule has 2 aromatic carbocycles. The number of benzene rings is 2. The molecule has 1 saturated carbocycles. The minimum atomic E-state index is -1.43. The first-order chi connectivity index (χ1) is 18.2. The second-order valence-electron chi connectivity index (χ2n) is 10.7. The van der Waals surface area contributed by atoms with E-state index in [2.05, 4.69) is 0 Å². The van der Waals surface area contributed by atoms with Crippen LogP contribution in [0, 0.1) is 6.92 Å². The minimum Gasteiger partial charge on any atom is -0.394 e. The monoisotopic (exact) mass is 532 g/mol. The lowest BCUT2D eigenvalue weighted by Crippen LogP contribution is -2.55. The van der Waals surface area contributed by atoms with Crippen molar-refractivity contribution < 1.29 is 50.3 Å². The summed E-state index contributed by atoms with van der Waals surface area (Å²) in [5.74, 6) is 0.576. The Hall–Kier alpha value is -1.96. The van der Waals surface area contributed by atoms with E-state index in [1.165, 1.54) is 0 Å². The predicted octanol–water partition coefficient (Wildman–Crippen LogP) is -0.704. The molecule has 3 aliphatic rings. The molecule has 10 heteroatoms. The lowest BCUT2D eigenvalue weighted by atomic mass is 9.88. The molecular formula is C28H36O10. The second-order valence-corrected chi connectivity index (χ2v) is 10.7. The highest BCUT2D eigenvalue weighted by molar-refractivity contribution is 5.42. The van der Waals surface area contributed by atoms with Gasteiger partial charge in [-0.05, 0) is 53.0 Å². The molecule has 2 heterocycles. The SMILES string of the molecule is Cc1cc(C2CC2c2ccc([C@H]3O[C@H](CO)[C@@H](O)[C@H](O)[C@@H]3O)cc2)ccc1[C@H]1O[C@H](CO)[C@@H](O)[C@H](O)[C@@H]1O. The highest BCUT2D eigenvalue weighted by Gasteiger charge is 2.46. The molecule has 0 radical (unpaired) electrons. The van der Waals surface area contributed by atoms with Crippen LogP contribution in [0.1, 0.15) is 58.3 Å². The fourth-order valence-electron chi connectivity index (χ4n) is 5.85. The number of aliphatic hydroxyl groups is 8. The summed E-state index contributed by atoms with van der Waals surface area (Å²) in [6.45, 7) is 0.947. The van der Waals surface area contributed by atoms with Crippen LogP contribution in [0.4, 0.5) is 0 Å². The Kier molecular flexibility index (Phi) is 7.92. The van der Waals surface area contributed by atoms with Crippen LogP contribution in [0.25, 0.3) is 0 Å². The number of aryl methyl sites for hydroxylation is 1. The Morgan fingerprint density at radius 2 is 1.08 bits per heavy atom. The maximum absolute atomic E-state index is 10.5. The molecule has 3 fully saturated rings. The van der Waals surface area contributed by atoms with Gasteiger partial charge in [-0.15, -0.1) is 0 Å². The summed E-state index contributed by atoms with van der Waals surface area (Å²) in [5, 5.41) is 80.1. The van der Waals surface area contributed by atoms with Crippen molar-refractivity contribution in [2.75, 3.05) is 13.2 Å². The third-order valence-electron chi connectivity index (χ3n) is 8.30. The molecule has 38 heavy (non-hydrogen) atoms. The number of hydrogen-bond donors (Lipinski definition) is 8. The molecule has 2 aliphatic heterocycles. The van der Waals surface area contributed by atoms with E-state index >= 15 is 0 Å². The van der Waals surface area contributed by atoms with Gasteiger partial charge in [-0.1, -0.05) is 42.5 Å². The van der Waals surface area contributed by atoms with Gasteiger partial charge in [0.2, 0.25) is 0 Å². The predicted molar refractivity (Wildman–Crippen MR) is 133 cm³/mol. The molecule has 0 aromatic heterocycles. The molecule has 12 atom stereocenters. The summed E-state index contributed by atoms with van der Waals surface area (Å²) in [7, 11) is 0. The molecule has 5 rings (SSSR count). The molecule has 10 nitrogen and oxygen atoms in total. The highest BCUT2D eigenvalue weighted by Crippen LogP contribution is 2.55. The number of ether oxygens (including phenoxy) is 2. The zero-order valence-electron chi connectivity index (χ0n) is 21.0. The molecule has 8 N–H and O–H groups in total. The standard InChI is InChI=1S/C28H36O10/c1-12-8-15(6-7-16(12)28-26(36)24(34)22(32)20(11-30)38-28)18-9-17(18)13-2-4-14(5-3-13)27-25(35)23(33)21(31)19(10-29)37-27/h2-8,17-36H,9-11H2,1H3/t17?,18?,19-,20-,21-,22-,23+,24+,25+,26+,27-,28-/m1/s1. The van der Waals surface area contributed by atoms with Gasteiger partial charge >= 0.3 is 0 Å². The lowest BCUT2D eigenvalue weighted by Gasteiger charge is -2.40. The Morgan fingerprint density at radius 3 is 1.63 bits per heavy atom. The highest BCUT2D eigenvalue weighted by atomic mass is 16.6. The third-order valence-corrected chi connectivity index (χ3v) is 8.30. The van der Waals surface area contributed by atoms with Crippen LogP contribution < -0.4 is 0 Å². The van der Waals surface area contributed by atoms with Crippen molar-refractivity contribution in [3.05, 3.63) is 70.3 Å². The van der Waals surface area contributed by atoms with Gasteiger partial charge in [0.1, 0.15) is 61.0 Å². The molecule has 2 saturated heterocycles. The van der Waals surface area contributed by atoms with E-state index in [9.17, 15) is 40.9 Å². The number of aliphatic hydroxyl groups excluding tert-OH is 8. The fraction of sp³-hybridized carbons (Fsp3) is 0.571. The van der Waals surface area contributed by atoms with E-state index in [4.69, 9.17) is 9.47 Å². The summed E-state index contributed by atoms with van der Waals surface area (Å²) in [5.41, 5.74) is 4.43. The first-order valence-corrected chi connectivity index (χ1v) is 13.0. The van der Waals surface area contributed by atoms with E-state index in [1.54, 1.807) is 0 Å². The van der Waals surface area contributed by atoms with Crippen molar-refractivity contribution in [1.29, 1.82) is 0 Å². The maximum Gasteiger partial charge on any atom is 0.113 e. The molecule has 0 amide bonds. The average Bonchev–Trinajstić information content (AvgIpc) is 3.72. The number of rotatable bonds is 6. The summed E-state index contributed by atoms with van der Waals surface area (Å²) in [6.07, 6.45) is -11.0. The van der Waals surface area contributed by atoms with Crippen LogP contribution >= 0.6 is 0 Å². The largest absolute Gasteiger partial charge is 0.394 e. The smallest absolute Gasteiger partial charge is 0.113 e.